The van der Waals surface area contributed by atoms with E-state index in [-0.39, 0.29) is 0 Å². The first kappa shape index (κ1) is 12.9. The number of rotatable bonds is 2. The third-order valence-electron chi connectivity index (χ3n) is 3.23. The van der Waals surface area contributed by atoms with Gasteiger partial charge >= 0.3 is 11.9 Å². The standard InChI is InChI=1S/C14H18O4/c1-10(15)17-14(16-4)13(2,3)9-11-7-5-6-8-12(11)18-14/h5-8H,9H2,1-4H3. The minimum atomic E-state index is -1.37. The average Bonchev–Trinajstić information content (AvgIpc) is 2.28. The highest BCUT2D eigenvalue weighted by atomic mass is 16.9. The molecule has 1 aromatic carbocycles. The maximum atomic E-state index is 11.3. The van der Waals surface area contributed by atoms with Crippen LogP contribution in [0, 0.1) is 5.41 Å². The Morgan fingerprint density at radius 3 is 2.61 bits per heavy atom. The number of hydrogen-bond acceptors (Lipinski definition) is 4. The first-order valence-corrected chi connectivity index (χ1v) is 5.92. The van der Waals surface area contributed by atoms with Crippen molar-refractivity contribution in [3.63, 3.8) is 0 Å². The third kappa shape index (κ3) is 1.97. The third-order valence-corrected chi connectivity index (χ3v) is 3.23. The van der Waals surface area contributed by atoms with Gasteiger partial charge in [0.2, 0.25) is 0 Å². The lowest BCUT2D eigenvalue weighted by Gasteiger charge is -2.46. The first-order chi connectivity index (χ1) is 8.40. The van der Waals surface area contributed by atoms with Crippen molar-refractivity contribution in [2.75, 3.05) is 7.11 Å². The van der Waals surface area contributed by atoms with E-state index in [0.29, 0.717) is 12.2 Å². The summed E-state index contributed by atoms with van der Waals surface area (Å²) in [7, 11) is 1.48. The predicted molar refractivity (Wildman–Crippen MR) is 66.1 cm³/mol. The second kappa shape index (κ2) is 4.28. The summed E-state index contributed by atoms with van der Waals surface area (Å²) >= 11 is 0. The lowest BCUT2D eigenvalue weighted by molar-refractivity contribution is -0.369. The van der Waals surface area contributed by atoms with Crippen molar-refractivity contribution >= 4 is 5.97 Å². The summed E-state index contributed by atoms with van der Waals surface area (Å²) in [4.78, 5) is 11.3. The van der Waals surface area contributed by atoms with Gasteiger partial charge in [0.05, 0.1) is 5.41 Å². The smallest absolute Gasteiger partial charge is 0.379 e. The minimum Gasteiger partial charge on any atom is -0.429 e. The van der Waals surface area contributed by atoms with Gasteiger partial charge < -0.3 is 14.2 Å². The van der Waals surface area contributed by atoms with E-state index in [4.69, 9.17) is 14.2 Å². The van der Waals surface area contributed by atoms with Crippen molar-refractivity contribution in [3.8, 4) is 5.75 Å². The van der Waals surface area contributed by atoms with Gasteiger partial charge in [-0.2, -0.15) is 0 Å². The van der Waals surface area contributed by atoms with Gasteiger partial charge in [0.25, 0.3) is 0 Å². The van der Waals surface area contributed by atoms with Crippen LogP contribution in [0.2, 0.25) is 0 Å². The SMILES string of the molecule is COC1(OC(C)=O)Oc2ccccc2CC1(C)C. The van der Waals surface area contributed by atoms with Crippen LogP contribution in [0.4, 0.5) is 0 Å². The molecule has 0 fully saturated rings. The Hall–Kier alpha value is -1.55. The molecule has 18 heavy (non-hydrogen) atoms. The van der Waals surface area contributed by atoms with Gasteiger partial charge in [-0.05, 0) is 31.9 Å². The zero-order chi connectivity index (χ0) is 13.4. The number of methoxy groups -OCH3 is 1. The summed E-state index contributed by atoms with van der Waals surface area (Å²) in [6.45, 7) is 5.26. The molecule has 0 spiro atoms. The lowest BCUT2D eigenvalue weighted by Crippen LogP contribution is -2.57. The molecule has 1 aliphatic rings. The van der Waals surface area contributed by atoms with E-state index in [9.17, 15) is 4.79 Å². The fourth-order valence-corrected chi connectivity index (χ4v) is 2.32. The highest BCUT2D eigenvalue weighted by Gasteiger charge is 2.55. The molecule has 4 heteroatoms. The van der Waals surface area contributed by atoms with Crippen LogP contribution < -0.4 is 4.74 Å². The predicted octanol–water partition coefficient (Wildman–Crippen LogP) is 2.51. The molecule has 0 saturated heterocycles. The van der Waals surface area contributed by atoms with Gasteiger partial charge in [0.15, 0.2) is 0 Å². The van der Waals surface area contributed by atoms with Crippen LogP contribution in [-0.4, -0.2) is 19.1 Å². The topological polar surface area (TPSA) is 44.8 Å². The van der Waals surface area contributed by atoms with Gasteiger partial charge in [0, 0.05) is 14.0 Å². The molecular formula is C14H18O4. The fourth-order valence-electron chi connectivity index (χ4n) is 2.32. The normalized spacial score (nSPS) is 24.9. The number of esters is 1. The summed E-state index contributed by atoms with van der Waals surface area (Å²) < 4.78 is 16.5. The van der Waals surface area contributed by atoms with Gasteiger partial charge in [0.1, 0.15) is 5.75 Å². The summed E-state index contributed by atoms with van der Waals surface area (Å²) in [5.41, 5.74) is 0.615. The lowest BCUT2D eigenvalue weighted by atomic mass is 9.80. The molecule has 0 aromatic heterocycles. The molecule has 4 nitrogen and oxygen atoms in total. The molecule has 0 N–H and O–H groups in total. The number of para-hydroxylation sites is 1. The van der Waals surface area contributed by atoms with Crippen molar-refractivity contribution in [1.29, 1.82) is 0 Å². The van der Waals surface area contributed by atoms with E-state index >= 15 is 0 Å². The molecule has 2 rings (SSSR count). The van der Waals surface area contributed by atoms with Gasteiger partial charge in [-0.3, -0.25) is 4.79 Å². The molecule has 0 bridgehead atoms. The average molecular weight is 250 g/mol. The van der Waals surface area contributed by atoms with E-state index in [1.54, 1.807) is 0 Å². The number of carbonyl (C=O) groups is 1. The molecule has 1 heterocycles. The van der Waals surface area contributed by atoms with Crippen LogP contribution in [-0.2, 0) is 20.7 Å². The minimum absolute atomic E-state index is 0.427. The Labute approximate surface area is 107 Å². The Kier molecular flexibility index (Phi) is 3.07. The molecule has 1 aliphatic heterocycles. The Morgan fingerprint density at radius 2 is 2.00 bits per heavy atom. The van der Waals surface area contributed by atoms with Crippen LogP contribution in [0.15, 0.2) is 24.3 Å². The molecule has 1 atom stereocenters. The van der Waals surface area contributed by atoms with E-state index in [2.05, 4.69) is 0 Å². The second-order valence-electron chi connectivity index (χ2n) is 5.12. The number of hydrogen-bond donors (Lipinski definition) is 0. The van der Waals surface area contributed by atoms with Gasteiger partial charge in [-0.1, -0.05) is 18.2 Å². The van der Waals surface area contributed by atoms with Crippen LogP contribution in [0.25, 0.3) is 0 Å². The zero-order valence-electron chi connectivity index (χ0n) is 11.1. The van der Waals surface area contributed by atoms with Crippen LogP contribution >= 0.6 is 0 Å². The fraction of sp³-hybridized carbons (Fsp3) is 0.500. The second-order valence-corrected chi connectivity index (χ2v) is 5.12. The molecule has 0 amide bonds. The van der Waals surface area contributed by atoms with Crippen molar-refractivity contribution in [1.82, 2.24) is 0 Å². The molecule has 98 valence electrons. The van der Waals surface area contributed by atoms with Crippen LogP contribution in [0.3, 0.4) is 0 Å². The summed E-state index contributed by atoms with van der Waals surface area (Å²) in [5.74, 6) is -1.10. The molecule has 0 aliphatic carbocycles. The van der Waals surface area contributed by atoms with E-state index < -0.39 is 17.4 Å². The van der Waals surface area contributed by atoms with E-state index in [1.807, 2.05) is 38.1 Å². The Balaban J connectivity index is 2.45. The Bertz CT molecular complexity index is 467. The number of carbonyl (C=O) groups excluding carboxylic acids is 1. The van der Waals surface area contributed by atoms with Crippen molar-refractivity contribution < 1.29 is 19.0 Å². The van der Waals surface area contributed by atoms with Crippen LogP contribution in [0.5, 0.6) is 5.75 Å². The highest BCUT2D eigenvalue weighted by molar-refractivity contribution is 5.66. The maximum absolute atomic E-state index is 11.3. The maximum Gasteiger partial charge on any atom is 0.379 e. The number of fused-ring (bicyclic) bond motifs is 1. The summed E-state index contributed by atoms with van der Waals surface area (Å²) in [5, 5.41) is 0. The highest BCUT2D eigenvalue weighted by Crippen LogP contribution is 2.46. The van der Waals surface area contributed by atoms with Crippen molar-refractivity contribution in [2.24, 2.45) is 5.41 Å². The zero-order valence-corrected chi connectivity index (χ0v) is 11.1. The number of benzene rings is 1. The van der Waals surface area contributed by atoms with Crippen molar-refractivity contribution in [2.45, 2.75) is 33.2 Å². The van der Waals surface area contributed by atoms with E-state index in [0.717, 1.165) is 5.56 Å². The quantitative estimate of drug-likeness (QED) is 0.597. The largest absolute Gasteiger partial charge is 0.429 e. The monoisotopic (exact) mass is 250 g/mol. The summed E-state index contributed by atoms with van der Waals surface area (Å²) in [6, 6.07) is 7.70. The van der Waals surface area contributed by atoms with Crippen LogP contribution in [0.1, 0.15) is 26.3 Å². The Morgan fingerprint density at radius 1 is 1.33 bits per heavy atom. The van der Waals surface area contributed by atoms with Crippen molar-refractivity contribution in [3.05, 3.63) is 29.8 Å². The summed E-state index contributed by atoms with van der Waals surface area (Å²) in [6.07, 6.45) is 0.713. The van der Waals surface area contributed by atoms with Gasteiger partial charge in [-0.15, -0.1) is 0 Å². The first-order valence-electron chi connectivity index (χ1n) is 5.92. The molecule has 1 aromatic rings. The molecule has 0 radical (unpaired) electrons. The molecule has 1 unspecified atom stereocenters. The van der Waals surface area contributed by atoms with Gasteiger partial charge in [-0.25, -0.2) is 0 Å². The number of ether oxygens (including phenoxy) is 3. The van der Waals surface area contributed by atoms with E-state index in [1.165, 1.54) is 14.0 Å². The molecular weight excluding hydrogens is 232 g/mol. The molecule has 0 saturated carbocycles.